The molecule has 2 amide bonds. The van der Waals surface area contributed by atoms with Gasteiger partial charge in [0.05, 0.1) is 17.7 Å². The lowest BCUT2D eigenvalue weighted by Gasteiger charge is -2.30. The Morgan fingerprint density at radius 1 is 1.21 bits per heavy atom. The van der Waals surface area contributed by atoms with E-state index in [0.717, 1.165) is 11.3 Å². The number of rotatable bonds is 4. The molecule has 1 aromatic carbocycles. The van der Waals surface area contributed by atoms with Crippen LogP contribution < -0.4 is 0 Å². The molecular formula is C19H21N3O2. The number of aromatic nitrogens is 1. The molecule has 1 aliphatic heterocycles. The molecule has 0 aliphatic carbocycles. The van der Waals surface area contributed by atoms with Gasteiger partial charge in [-0.15, -0.1) is 0 Å². The number of likely N-dealkylation sites (tertiary alicyclic amines) is 1. The average Bonchev–Trinajstić information content (AvgIpc) is 2.95. The molecule has 1 aromatic heterocycles. The molecule has 0 unspecified atom stereocenters. The van der Waals surface area contributed by atoms with Crippen molar-refractivity contribution in [2.24, 2.45) is 5.92 Å². The average molecular weight is 323 g/mol. The second-order valence-electron chi connectivity index (χ2n) is 6.19. The number of benzene rings is 1. The number of hydrogen-bond donors (Lipinski definition) is 0. The maximum atomic E-state index is 12.9. The topological polar surface area (TPSA) is 53.5 Å². The van der Waals surface area contributed by atoms with E-state index in [1.807, 2.05) is 48.5 Å². The Labute approximate surface area is 141 Å². The first-order chi connectivity index (χ1) is 11.6. The summed E-state index contributed by atoms with van der Waals surface area (Å²) in [5.41, 5.74) is 1.82. The lowest BCUT2D eigenvalue weighted by Crippen LogP contribution is -2.37. The van der Waals surface area contributed by atoms with Crippen molar-refractivity contribution in [1.29, 1.82) is 0 Å². The van der Waals surface area contributed by atoms with E-state index in [4.69, 9.17) is 0 Å². The van der Waals surface area contributed by atoms with Crippen LogP contribution in [0.5, 0.6) is 0 Å². The molecule has 0 spiro atoms. The predicted molar refractivity (Wildman–Crippen MR) is 91.0 cm³/mol. The molecule has 24 heavy (non-hydrogen) atoms. The summed E-state index contributed by atoms with van der Waals surface area (Å²) in [5, 5.41) is 0. The van der Waals surface area contributed by atoms with Gasteiger partial charge in [-0.3, -0.25) is 14.6 Å². The quantitative estimate of drug-likeness (QED) is 0.866. The summed E-state index contributed by atoms with van der Waals surface area (Å²) < 4.78 is 0. The minimum Gasteiger partial charge on any atom is -0.345 e. The van der Waals surface area contributed by atoms with Gasteiger partial charge in [0.2, 0.25) is 11.8 Å². The number of hydrogen-bond acceptors (Lipinski definition) is 3. The highest BCUT2D eigenvalue weighted by Gasteiger charge is 2.36. The van der Waals surface area contributed by atoms with Crippen molar-refractivity contribution in [2.45, 2.75) is 12.5 Å². The maximum Gasteiger partial charge on any atom is 0.228 e. The number of pyridine rings is 1. The number of carbonyl (C=O) groups is 2. The van der Waals surface area contributed by atoms with Crippen molar-refractivity contribution in [3.8, 4) is 0 Å². The molecule has 0 N–H and O–H groups in total. The molecule has 3 rings (SSSR count). The predicted octanol–water partition coefficient (Wildman–Crippen LogP) is 2.11. The molecular weight excluding hydrogens is 302 g/mol. The summed E-state index contributed by atoms with van der Waals surface area (Å²) in [7, 11) is 3.53. The summed E-state index contributed by atoms with van der Waals surface area (Å²) in [5.74, 6) is -0.287. The van der Waals surface area contributed by atoms with E-state index >= 15 is 0 Å². The summed E-state index contributed by atoms with van der Waals surface area (Å²) in [6.07, 6.45) is 2.01. The molecule has 124 valence electrons. The molecule has 1 fully saturated rings. The number of nitrogens with zero attached hydrogens (tertiary/aromatic N) is 3. The Bertz CT molecular complexity index is 678. The highest BCUT2D eigenvalue weighted by Crippen LogP contribution is 2.29. The van der Waals surface area contributed by atoms with Crippen molar-refractivity contribution in [3.05, 3.63) is 66.0 Å². The van der Waals surface area contributed by atoms with Crippen LogP contribution in [0, 0.1) is 5.92 Å². The molecule has 1 aliphatic rings. The van der Waals surface area contributed by atoms with Gasteiger partial charge in [0.1, 0.15) is 0 Å². The van der Waals surface area contributed by atoms with Crippen LogP contribution in [0.3, 0.4) is 0 Å². The molecule has 2 heterocycles. The fourth-order valence-corrected chi connectivity index (χ4v) is 3.21. The van der Waals surface area contributed by atoms with Crippen LogP contribution in [0.2, 0.25) is 0 Å². The van der Waals surface area contributed by atoms with Gasteiger partial charge >= 0.3 is 0 Å². The van der Waals surface area contributed by atoms with Crippen molar-refractivity contribution in [1.82, 2.24) is 14.8 Å². The van der Waals surface area contributed by atoms with E-state index in [1.54, 1.807) is 30.1 Å². The smallest absolute Gasteiger partial charge is 0.228 e. The molecule has 2 atom stereocenters. The van der Waals surface area contributed by atoms with Gasteiger partial charge in [-0.05, 0) is 17.7 Å². The van der Waals surface area contributed by atoms with Crippen LogP contribution in [-0.4, -0.2) is 47.2 Å². The molecule has 0 bridgehead atoms. The lowest BCUT2D eigenvalue weighted by molar-refractivity contribution is -0.136. The van der Waals surface area contributed by atoms with E-state index in [-0.39, 0.29) is 30.2 Å². The first-order valence-electron chi connectivity index (χ1n) is 8.04. The third-order valence-corrected chi connectivity index (χ3v) is 4.51. The van der Waals surface area contributed by atoms with Gasteiger partial charge in [-0.25, -0.2) is 0 Å². The van der Waals surface area contributed by atoms with Gasteiger partial charge in [-0.1, -0.05) is 36.4 Å². The van der Waals surface area contributed by atoms with Gasteiger partial charge in [0.15, 0.2) is 0 Å². The van der Waals surface area contributed by atoms with Crippen molar-refractivity contribution in [3.63, 3.8) is 0 Å². The molecule has 0 radical (unpaired) electrons. The highest BCUT2D eigenvalue weighted by atomic mass is 16.2. The maximum absolute atomic E-state index is 12.9. The Hall–Kier alpha value is -2.69. The second kappa shape index (κ2) is 6.83. The Balaban J connectivity index is 1.91. The van der Waals surface area contributed by atoms with E-state index < -0.39 is 0 Å². The van der Waals surface area contributed by atoms with Crippen molar-refractivity contribution in [2.75, 3.05) is 20.6 Å². The normalized spacial score (nSPS) is 18.5. The van der Waals surface area contributed by atoms with Gasteiger partial charge in [-0.2, -0.15) is 0 Å². The standard InChI is InChI=1S/C19H21N3O2/c1-21-13-15(12-17(21)23)19(24)22(2)18(14-8-4-3-5-9-14)16-10-6-7-11-20-16/h3-11,15,18H,12-13H2,1-2H3/t15-,18+/m0/s1. The van der Waals surface area contributed by atoms with Crippen LogP contribution in [0.1, 0.15) is 23.7 Å². The first-order valence-corrected chi connectivity index (χ1v) is 8.04. The fraction of sp³-hybridized carbons (Fsp3) is 0.316. The molecule has 5 heteroatoms. The van der Waals surface area contributed by atoms with Gasteiger partial charge in [0.25, 0.3) is 0 Å². The second-order valence-corrected chi connectivity index (χ2v) is 6.19. The zero-order valence-electron chi connectivity index (χ0n) is 13.9. The third kappa shape index (κ3) is 3.15. The van der Waals surface area contributed by atoms with Crippen LogP contribution in [0.15, 0.2) is 54.7 Å². The monoisotopic (exact) mass is 323 g/mol. The van der Waals surface area contributed by atoms with Gasteiger partial charge < -0.3 is 9.80 Å². The van der Waals surface area contributed by atoms with Crippen molar-refractivity contribution < 1.29 is 9.59 Å². The van der Waals surface area contributed by atoms with E-state index in [2.05, 4.69) is 4.98 Å². The molecule has 1 saturated heterocycles. The zero-order valence-corrected chi connectivity index (χ0v) is 13.9. The Kier molecular flexibility index (Phi) is 4.60. The summed E-state index contributed by atoms with van der Waals surface area (Å²) in [6.45, 7) is 0.478. The largest absolute Gasteiger partial charge is 0.345 e. The van der Waals surface area contributed by atoms with E-state index in [1.165, 1.54) is 0 Å². The lowest BCUT2D eigenvalue weighted by atomic mass is 9.99. The molecule has 2 aromatic rings. The summed E-state index contributed by atoms with van der Waals surface area (Å²) in [4.78, 5) is 32.5. The third-order valence-electron chi connectivity index (χ3n) is 4.51. The summed E-state index contributed by atoms with van der Waals surface area (Å²) in [6, 6.07) is 15.3. The van der Waals surface area contributed by atoms with Crippen LogP contribution in [0.4, 0.5) is 0 Å². The van der Waals surface area contributed by atoms with E-state index in [9.17, 15) is 9.59 Å². The first kappa shape index (κ1) is 16.2. The summed E-state index contributed by atoms with van der Waals surface area (Å²) >= 11 is 0. The zero-order chi connectivity index (χ0) is 17.1. The van der Waals surface area contributed by atoms with Crippen LogP contribution >= 0.6 is 0 Å². The SMILES string of the molecule is CN1C[C@@H](C(=O)N(C)[C@H](c2ccccc2)c2ccccn2)CC1=O. The van der Waals surface area contributed by atoms with Crippen LogP contribution in [-0.2, 0) is 9.59 Å². The van der Waals surface area contributed by atoms with Gasteiger partial charge in [0, 0.05) is 33.3 Å². The number of carbonyl (C=O) groups excluding carboxylic acids is 2. The van der Waals surface area contributed by atoms with Crippen LogP contribution in [0.25, 0.3) is 0 Å². The molecule has 0 saturated carbocycles. The minimum atomic E-state index is -0.289. The van der Waals surface area contributed by atoms with Crippen molar-refractivity contribution >= 4 is 11.8 Å². The number of amides is 2. The Morgan fingerprint density at radius 3 is 2.50 bits per heavy atom. The molecule has 5 nitrogen and oxygen atoms in total. The fourth-order valence-electron chi connectivity index (χ4n) is 3.21. The van der Waals surface area contributed by atoms with E-state index in [0.29, 0.717) is 6.54 Å². The highest BCUT2D eigenvalue weighted by molar-refractivity contribution is 5.89. The minimum absolute atomic E-state index is 0.0211. The Morgan fingerprint density at radius 2 is 1.92 bits per heavy atom.